The van der Waals surface area contributed by atoms with Crippen molar-refractivity contribution in [2.45, 2.75) is 44.7 Å². The second-order valence-corrected chi connectivity index (χ2v) is 9.02. The second-order valence-electron chi connectivity index (χ2n) is 9.02. The average Bonchev–Trinajstić information content (AvgIpc) is 3.20. The molecule has 0 unspecified atom stereocenters. The summed E-state index contributed by atoms with van der Waals surface area (Å²) in [5, 5.41) is 11.7. The highest BCUT2D eigenvalue weighted by atomic mass is 16.3. The van der Waals surface area contributed by atoms with Crippen LogP contribution in [-0.2, 0) is 11.3 Å². The average molecular weight is 428 g/mol. The molecule has 2 heterocycles. The Kier molecular flexibility index (Phi) is 4.74. The van der Waals surface area contributed by atoms with Gasteiger partial charge in [0.05, 0.1) is 11.9 Å². The van der Waals surface area contributed by atoms with Gasteiger partial charge in [0.2, 0.25) is 11.8 Å². The van der Waals surface area contributed by atoms with Crippen LogP contribution in [0.25, 0.3) is 33.8 Å². The molecule has 2 saturated carbocycles. The van der Waals surface area contributed by atoms with E-state index in [2.05, 4.69) is 32.7 Å². The maximum absolute atomic E-state index is 12.1. The normalized spacial score (nSPS) is 20.6. The molecule has 2 aromatic heterocycles. The molecule has 1 amide bonds. The monoisotopic (exact) mass is 427 g/mol. The number of nitrogens with one attached hydrogen (secondary N) is 1. The lowest BCUT2D eigenvalue weighted by atomic mass is 10.1. The number of aromatic nitrogens is 4. The molecule has 2 fully saturated rings. The van der Waals surface area contributed by atoms with Gasteiger partial charge in [-0.05, 0) is 62.3 Å². The van der Waals surface area contributed by atoms with Crippen molar-refractivity contribution in [3.8, 4) is 22.7 Å². The fourth-order valence-corrected chi connectivity index (χ4v) is 4.68. The van der Waals surface area contributed by atoms with E-state index in [9.17, 15) is 4.79 Å². The molecule has 7 heteroatoms. The third-order valence-corrected chi connectivity index (χ3v) is 6.61. The van der Waals surface area contributed by atoms with E-state index < -0.39 is 0 Å². The van der Waals surface area contributed by atoms with E-state index in [-0.39, 0.29) is 11.8 Å². The van der Waals surface area contributed by atoms with Crippen molar-refractivity contribution in [1.82, 2.24) is 25.3 Å². The third-order valence-electron chi connectivity index (χ3n) is 6.61. The van der Waals surface area contributed by atoms with Crippen molar-refractivity contribution in [2.75, 3.05) is 0 Å². The SMILES string of the molecule is O=C(N[C@H]1CC[C@@H](Cn2nncc2-c2ccc(-c3nc4ccccc4o3)cc2)C1)C1CC1. The molecule has 4 aromatic rings. The van der Waals surface area contributed by atoms with Gasteiger partial charge in [-0.25, -0.2) is 9.67 Å². The quantitative estimate of drug-likeness (QED) is 0.491. The van der Waals surface area contributed by atoms with E-state index >= 15 is 0 Å². The fourth-order valence-electron chi connectivity index (χ4n) is 4.68. The first-order valence-electron chi connectivity index (χ1n) is 11.4. The van der Waals surface area contributed by atoms with E-state index in [1.54, 1.807) is 0 Å². The number of hydrogen-bond acceptors (Lipinski definition) is 5. The summed E-state index contributed by atoms with van der Waals surface area (Å²) in [7, 11) is 0. The zero-order valence-electron chi connectivity index (χ0n) is 17.8. The zero-order valence-corrected chi connectivity index (χ0v) is 17.8. The number of fused-ring (bicyclic) bond motifs is 1. The van der Waals surface area contributed by atoms with Gasteiger partial charge in [0.15, 0.2) is 5.58 Å². The van der Waals surface area contributed by atoms with E-state index in [0.29, 0.717) is 17.9 Å². The Labute approximate surface area is 185 Å². The van der Waals surface area contributed by atoms with Crippen LogP contribution in [0.3, 0.4) is 0 Å². The highest BCUT2D eigenvalue weighted by molar-refractivity contribution is 5.81. The standard InChI is InChI=1S/C25H25N5O2/c31-24(18-8-9-18)27-20-12-5-16(13-20)15-30-22(14-26-29-30)17-6-10-19(11-7-17)25-28-21-3-1-2-4-23(21)32-25/h1-4,6-7,10-11,14,16,18,20H,5,8-9,12-13,15H2,(H,27,31)/t16-,20+/m1/s1. The molecule has 0 bridgehead atoms. The lowest BCUT2D eigenvalue weighted by Gasteiger charge is -2.14. The van der Waals surface area contributed by atoms with Crippen LogP contribution in [0, 0.1) is 11.8 Å². The van der Waals surface area contributed by atoms with Gasteiger partial charge in [-0.15, -0.1) is 5.10 Å². The van der Waals surface area contributed by atoms with Crippen molar-refractivity contribution in [3.63, 3.8) is 0 Å². The molecular weight excluding hydrogens is 402 g/mol. The summed E-state index contributed by atoms with van der Waals surface area (Å²) in [5.74, 6) is 1.64. The van der Waals surface area contributed by atoms with Crippen LogP contribution < -0.4 is 5.32 Å². The Morgan fingerprint density at radius 3 is 2.66 bits per heavy atom. The highest BCUT2D eigenvalue weighted by Crippen LogP contribution is 2.32. The zero-order chi connectivity index (χ0) is 21.5. The molecule has 0 saturated heterocycles. The number of rotatable bonds is 6. The van der Waals surface area contributed by atoms with E-state index in [0.717, 1.165) is 66.6 Å². The minimum absolute atomic E-state index is 0.246. The first-order chi connectivity index (χ1) is 15.7. The number of carbonyl (C=O) groups is 1. The lowest BCUT2D eigenvalue weighted by Crippen LogP contribution is -2.34. The van der Waals surface area contributed by atoms with E-state index in [1.807, 2.05) is 47.3 Å². The van der Waals surface area contributed by atoms with Crippen LogP contribution in [0.2, 0.25) is 0 Å². The number of amides is 1. The van der Waals surface area contributed by atoms with Gasteiger partial charge < -0.3 is 9.73 Å². The van der Waals surface area contributed by atoms with Crippen LogP contribution in [0.4, 0.5) is 0 Å². The molecule has 2 atom stereocenters. The first-order valence-corrected chi connectivity index (χ1v) is 11.4. The van der Waals surface area contributed by atoms with Gasteiger partial charge in [-0.3, -0.25) is 4.79 Å². The van der Waals surface area contributed by atoms with E-state index in [1.165, 1.54) is 0 Å². The molecule has 7 nitrogen and oxygen atoms in total. The smallest absolute Gasteiger partial charge is 0.227 e. The summed E-state index contributed by atoms with van der Waals surface area (Å²) in [5.41, 5.74) is 4.65. The molecule has 162 valence electrons. The molecule has 0 spiro atoms. The highest BCUT2D eigenvalue weighted by Gasteiger charge is 2.33. The van der Waals surface area contributed by atoms with Crippen molar-refractivity contribution >= 4 is 17.0 Å². The Hall–Kier alpha value is -3.48. The number of oxazole rings is 1. The molecule has 0 aliphatic heterocycles. The van der Waals surface area contributed by atoms with Crippen LogP contribution in [0.15, 0.2) is 59.1 Å². The minimum atomic E-state index is 0.246. The predicted octanol–water partition coefficient (Wildman–Crippen LogP) is 4.45. The molecule has 32 heavy (non-hydrogen) atoms. The van der Waals surface area contributed by atoms with Crippen LogP contribution >= 0.6 is 0 Å². The van der Waals surface area contributed by atoms with Gasteiger partial charge in [0.25, 0.3) is 0 Å². The third kappa shape index (κ3) is 3.79. The molecular formula is C25H25N5O2. The molecule has 0 radical (unpaired) electrons. The van der Waals surface area contributed by atoms with Crippen molar-refractivity contribution in [2.24, 2.45) is 11.8 Å². The summed E-state index contributed by atoms with van der Waals surface area (Å²) in [4.78, 5) is 16.6. The lowest BCUT2D eigenvalue weighted by molar-refractivity contribution is -0.122. The summed E-state index contributed by atoms with van der Waals surface area (Å²) >= 11 is 0. The number of hydrogen-bond donors (Lipinski definition) is 1. The van der Waals surface area contributed by atoms with Crippen molar-refractivity contribution < 1.29 is 9.21 Å². The maximum atomic E-state index is 12.1. The number of benzene rings is 2. The number of nitrogens with zero attached hydrogens (tertiary/aromatic N) is 4. The second kappa shape index (κ2) is 7.89. The Balaban J connectivity index is 1.14. The van der Waals surface area contributed by atoms with Crippen LogP contribution in [-0.4, -0.2) is 31.9 Å². The van der Waals surface area contributed by atoms with E-state index in [4.69, 9.17) is 4.42 Å². The molecule has 1 N–H and O–H groups in total. The van der Waals surface area contributed by atoms with Gasteiger partial charge in [-0.2, -0.15) is 0 Å². The predicted molar refractivity (Wildman–Crippen MR) is 120 cm³/mol. The summed E-state index contributed by atoms with van der Waals surface area (Å²) in [6, 6.07) is 16.3. The summed E-state index contributed by atoms with van der Waals surface area (Å²) in [6.45, 7) is 0.817. The van der Waals surface area contributed by atoms with Gasteiger partial charge in [0.1, 0.15) is 5.52 Å². The minimum Gasteiger partial charge on any atom is -0.436 e. The van der Waals surface area contributed by atoms with Gasteiger partial charge in [-0.1, -0.05) is 29.5 Å². The van der Waals surface area contributed by atoms with Gasteiger partial charge >= 0.3 is 0 Å². The number of carbonyl (C=O) groups excluding carboxylic acids is 1. The van der Waals surface area contributed by atoms with Gasteiger partial charge in [0, 0.05) is 29.6 Å². The Morgan fingerprint density at radius 2 is 1.84 bits per heavy atom. The Morgan fingerprint density at radius 1 is 1.03 bits per heavy atom. The topological polar surface area (TPSA) is 85.8 Å². The van der Waals surface area contributed by atoms with Crippen LogP contribution in [0.1, 0.15) is 32.1 Å². The largest absolute Gasteiger partial charge is 0.436 e. The fraction of sp³-hybridized carbons (Fsp3) is 0.360. The Bertz CT molecular complexity index is 1220. The summed E-state index contributed by atoms with van der Waals surface area (Å²) in [6.07, 6.45) is 7.08. The first kappa shape index (κ1) is 19.2. The molecule has 2 aliphatic carbocycles. The molecule has 6 rings (SSSR count). The van der Waals surface area contributed by atoms with Crippen molar-refractivity contribution in [1.29, 1.82) is 0 Å². The van der Waals surface area contributed by atoms with Crippen LogP contribution in [0.5, 0.6) is 0 Å². The summed E-state index contributed by atoms with van der Waals surface area (Å²) < 4.78 is 7.87. The molecule has 2 aliphatic rings. The maximum Gasteiger partial charge on any atom is 0.227 e. The molecule has 2 aromatic carbocycles. The number of para-hydroxylation sites is 2. The van der Waals surface area contributed by atoms with Crippen molar-refractivity contribution in [3.05, 3.63) is 54.7 Å².